The fourth-order valence-electron chi connectivity index (χ4n) is 2.54. The zero-order valence-electron chi connectivity index (χ0n) is 13.3. The van der Waals surface area contributed by atoms with Gasteiger partial charge in [-0.1, -0.05) is 32.4 Å². The molecule has 5 nitrogen and oxygen atoms in total. The van der Waals surface area contributed by atoms with E-state index in [1.54, 1.807) is 17.0 Å². The van der Waals surface area contributed by atoms with E-state index in [0.29, 0.717) is 37.6 Å². The molecule has 0 spiro atoms. The molecular weight excluding hydrogens is 280 g/mol. The monoisotopic (exact) mass is 304 g/mol. The predicted octanol–water partition coefficient (Wildman–Crippen LogP) is 2.53. The Kier molecular flexibility index (Phi) is 5.95. The lowest BCUT2D eigenvalue weighted by atomic mass is 10.0. The third-order valence-corrected chi connectivity index (χ3v) is 3.88. The molecule has 0 saturated carbocycles. The van der Waals surface area contributed by atoms with Crippen molar-refractivity contribution in [3.05, 3.63) is 29.8 Å². The summed E-state index contributed by atoms with van der Waals surface area (Å²) in [6.07, 6.45) is 1.80. The number of hydrogen-bond acceptors (Lipinski definition) is 3. The summed E-state index contributed by atoms with van der Waals surface area (Å²) in [6.45, 7) is 6.27. The maximum atomic E-state index is 12.6. The minimum Gasteiger partial charge on any atom is -0.378 e. The summed E-state index contributed by atoms with van der Waals surface area (Å²) in [4.78, 5) is 26.6. The van der Waals surface area contributed by atoms with E-state index in [0.717, 1.165) is 12.8 Å². The molecule has 2 rings (SSSR count). The Bertz CT molecular complexity index is 524. The fraction of sp³-hybridized carbons (Fsp3) is 0.529. The van der Waals surface area contributed by atoms with Crippen LogP contribution in [0, 0.1) is 5.92 Å². The van der Waals surface area contributed by atoms with Crippen LogP contribution in [0.1, 0.15) is 37.0 Å². The molecule has 1 saturated heterocycles. The molecule has 1 fully saturated rings. The summed E-state index contributed by atoms with van der Waals surface area (Å²) >= 11 is 0. The first-order chi connectivity index (χ1) is 10.6. The van der Waals surface area contributed by atoms with E-state index < -0.39 is 0 Å². The molecule has 2 amide bonds. The first-order valence-corrected chi connectivity index (χ1v) is 7.90. The van der Waals surface area contributed by atoms with E-state index in [2.05, 4.69) is 12.2 Å². The molecule has 1 N–H and O–H groups in total. The molecule has 1 aliphatic heterocycles. The highest BCUT2D eigenvalue weighted by Crippen LogP contribution is 2.19. The Morgan fingerprint density at radius 1 is 1.27 bits per heavy atom. The summed E-state index contributed by atoms with van der Waals surface area (Å²) in [7, 11) is 0. The van der Waals surface area contributed by atoms with Gasteiger partial charge in [0.1, 0.15) is 0 Å². The van der Waals surface area contributed by atoms with E-state index in [1.165, 1.54) is 0 Å². The minimum absolute atomic E-state index is 0.0379. The Balaban J connectivity index is 2.12. The smallest absolute Gasteiger partial charge is 0.256 e. The van der Waals surface area contributed by atoms with E-state index in [-0.39, 0.29) is 17.7 Å². The van der Waals surface area contributed by atoms with Crippen molar-refractivity contribution in [3.63, 3.8) is 0 Å². The average molecular weight is 304 g/mol. The van der Waals surface area contributed by atoms with Crippen LogP contribution in [-0.4, -0.2) is 43.0 Å². The van der Waals surface area contributed by atoms with Crippen molar-refractivity contribution in [2.45, 2.75) is 26.7 Å². The van der Waals surface area contributed by atoms with Gasteiger partial charge < -0.3 is 15.0 Å². The Morgan fingerprint density at radius 2 is 1.95 bits per heavy atom. The van der Waals surface area contributed by atoms with Gasteiger partial charge in [-0.3, -0.25) is 9.59 Å². The van der Waals surface area contributed by atoms with Crippen molar-refractivity contribution in [2.75, 3.05) is 31.6 Å². The number of hydrogen-bond donors (Lipinski definition) is 1. The highest BCUT2D eigenvalue weighted by molar-refractivity contribution is 6.04. The summed E-state index contributed by atoms with van der Waals surface area (Å²) in [5, 5.41) is 2.90. The highest BCUT2D eigenvalue weighted by atomic mass is 16.5. The van der Waals surface area contributed by atoms with Crippen molar-refractivity contribution in [3.8, 4) is 0 Å². The molecule has 0 radical (unpaired) electrons. The van der Waals surface area contributed by atoms with Gasteiger partial charge in [-0.05, 0) is 18.6 Å². The van der Waals surface area contributed by atoms with Gasteiger partial charge in [0.15, 0.2) is 0 Å². The summed E-state index contributed by atoms with van der Waals surface area (Å²) < 4.78 is 5.28. The lowest BCUT2D eigenvalue weighted by Crippen LogP contribution is -2.41. The van der Waals surface area contributed by atoms with Crippen LogP contribution in [0.4, 0.5) is 5.69 Å². The van der Waals surface area contributed by atoms with Crippen molar-refractivity contribution in [1.29, 1.82) is 0 Å². The number of rotatable bonds is 5. The third-order valence-electron chi connectivity index (χ3n) is 3.88. The van der Waals surface area contributed by atoms with E-state index >= 15 is 0 Å². The number of amides is 2. The molecule has 5 heteroatoms. The topological polar surface area (TPSA) is 58.6 Å². The molecule has 1 heterocycles. The first-order valence-electron chi connectivity index (χ1n) is 7.90. The second kappa shape index (κ2) is 7.94. The maximum Gasteiger partial charge on any atom is 0.256 e. The number of morpholine rings is 1. The number of carbonyl (C=O) groups is 2. The van der Waals surface area contributed by atoms with Crippen LogP contribution in [0.5, 0.6) is 0 Å². The number of nitrogens with zero attached hydrogens (tertiary/aromatic N) is 1. The molecule has 22 heavy (non-hydrogen) atoms. The van der Waals surface area contributed by atoms with Gasteiger partial charge >= 0.3 is 0 Å². The SMILES string of the molecule is CCCC(C)C(=O)Nc1ccccc1C(=O)N1CCOCC1. The normalized spacial score (nSPS) is 16.2. The number of anilines is 1. The molecule has 0 aromatic heterocycles. The molecular formula is C17H24N2O3. The van der Waals surface area contributed by atoms with E-state index in [4.69, 9.17) is 4.74 Å². The van der Waals surface area contributed by atoms with Crippen molar-refractivity contribution < 1.29 is 14.3 Å². The zero-order valence-corrected chi connectivity index (χ0v) is 13.3. The fourth-order valence-corrected chi connectivity index (χ4v) is 2.54. The Labute approximate surface area is 131 Å². The van der Waals surface area contributed by atoms with Gasteiger partial charge in [0, 0.05) is 19.0 Å². The van der Waals surface area contributed by atoms with Crippen LogP contribution >= 0.6 is 0 Å². The van der Waals surface area contributed by atoms with Gasteiger partial charge in [-0.25, -0.2) is 0 Å². The van der Waals surface area contributed by atoms with Crippen LogP contribution in [0.25, 0.3) is 0 Å². The van der Waals surface area contributed by atoms with Gasteiger partial charge in [-0.15, -0.1) is 0 Å². The van der Waals surface area contributed by atoms with Crippen LogP contribution < -0.4 is 5.32 Å². The second-order valence-corrected chi connectivity index (χ2v) is 5.63. The van der Waals surface area contributed by atoms with Crippen molar-refractivity contribution in [2.24, 2.45) is 5.92 Å². The van der Waals surface area contributed by atoms with E-state index in [1.807, 2.05) is 19.1 Å². The molecule has 0 aliphatic carbocycles. The van der Waals surface area contributed by atoms with Gasteiger partial charge in [0.2, 0.25) is 5.91 Å². The van der Waals surface area contributed by atoms with Crippen molar-refractivity contribution in [1.82, 2.24) is 4.90 Å². The summed E-state index contributed by atoms with van der Waals surface area (Å²) in [5.41, 5.74) is 1.13. The molecule has 120 valence electrons. The van der Waals surface area contributed by atoms with Crippen LogP contribution in [0.15, 0.2) is 24.3 Å². The van der Waals surface area contributed by atoms with Gasteiger partial charge in [0.05, 0.1) is 24.5 Å². The number of nitrogens with one attached hydrogen (secondary N) is 1. The number of carbonyl (C=O) groups excluding carboxylic acids is 2. The standard InChI is InChI=1S/C17H24N2O3/c1-3-6-13(2)16(20)18-15-8-5-4-7-14(15)17(21)19-9-11-22-12-10-19/h4-5,7-8,13H,3,6,9-12H2,1-2H3,(H,18,20). The summed E-state index contributed by atoms with van der Waals surface area (Å²) in [6, 6.07) is 7.19. The lowest BCUT2D eigenvalue weighted by molar-refractivity contribution is -0.119. The van der Waals surface area contributed by atoms with Crippen molar-refractivity contribution >= 4 is 17.5 Å². The average Bonchev–Trinajstić information content (AvgIpc) is 2.55. The molecule has 1 unspecified atom stereocenters. The highest BCUT2D eigenvalue weighted by Gasteiger charge is 2.22. The molecule has 1 aromatic carbocycles. The molecule has 1 aliphatic rings. The Hall–Kier alpha value is -1.88. The molecule has 0 bridgehead atoms. The first kappa shape index (κ1) is 16.5. The Morgan fingerprint density at radius 3 is 2.64 bits per heavy atom. The largest absolute Gasteiger partial charge is 0.378 e. The molecule has 1 atom stereocenters. The van der Waals surface area contributed by atoms with Gasteiger partial charge in [0.25, 0.3) is 5.91 Å². The van der Waals surface area contributed by atoms with Crippen LogP contribution in [-0.2, 0) is 9.53 Å². The molecule has 1 aromatic rings. The second-order valence-electron chi connectivity index (χ2n) is 5.63. The third kappa shape index (κ3) is 4.07. The lowest BCUT2D eigenvalue weighted by Gasteiger charge is -2.27. The number of para-hydroxylation sites is 1. The number of ether oxygens (including phenoxy) is 1. The van der Waals surface area contributed by atoms with E-state index in [9.17, 15) is 9.59 Å². The van der Waals surface area contributed by atoms with Crippen LogP contribution in [0.2, 0.25) is 0 Å². The number of benzene rings is 1. The maximum absolute atomic E-state index is 12.6. The van der Waals surface area contributed by atoms with Crippen LogP contribution in [0.3, 0.4) is 0 Å². The zero-order chi connectivity index (χ0) is 15.9. The quantitative estimate of drug-likeness (QED) is 0.909. The van der Waals surface area contributed by atoms with Gasteiger partial charge in [-0.2, -0.15) is 0 Å². The predicted molar refractivity (Wildman–Crippen MR) is 85.9 cm³/mol. The minimum atomic E-state index is -0.0588. The summed E-state index contributed by atoms with van der Waals surface area (Å²) in [5.74, 6) is -0.150.